The second-order valence-electron chi connectivity index (χ2n) is 6.98. The van der Waals surface area contributed by atoms with Crippen LogP contribution in [0.4, 0.5) is 5.69 Å². The average Bonchev–Trinajstić information content (AvgIpc) is 3.20. The smallest absolute Gasteiger partial charge is 0.271 e. The Morgan fingerprint density at radius 2 is 1.72 bits per heavy atom. The number of carbonyl (C=O) groups is 1. The number of hydrogen-bond acceptors (Lipinski definition) is 7. The molecule has 2 aromatic heterocycles. The fourth-order valence-corrected chi connectivity index (χ4v) is 3.43. The van der Waals surface area contributed by atoms with Gasteiger partial charge in [-0.3, -0.25) is 14.9 Å². The summed E-state index contributed by atoms with van der Waals surface area (Å²) in [7, 11) is 1.55. The first-order chi connectivity index (χ1) is 15.5. The second-order valence-corrected chi connectivity index (χ2v) is 6.98. The van der Waals surface area contributed by atoms with Gasteiger partial charge in [0.25, 0.3) is 5.69 Å². The zero-order chi connectivity index (χ0) is 22.2. The van der Waals surface area contributed by atoms with Gasteiger partial charge in [-0.25, -0.2) is 14.6 Å². The van der Waals surface area contributed by atoms with E-state index in [9.17, 15) is 14.9 Å². The molecular formula is C23H15N5O4. The molecule has 0 N–H and O–H groups in total. The predicted molar refractivity (Wildman–Crippen MR) is 117 cm³/mol. The van der Waals surface area contributed by atoms with Crippen molar-refractivity contribution in [2.75, 3.05) is 7.11 Å². The molecule has 0 aliphatic rings. The zero-order valence-corrected chi connectivity index (χ0v) is 16.8. The number of para-hydroxylation sites is 1. The first-order valence-corrected chi connectivity index (χ1v) is 9.64. The summed E-state index contributed by atoms with van der Waals surface area (Å²) in [4.78, 5) is 33.2. The fraction of sp³-hybridized carbons (Fsp3) is 0.0435. The highest BCUT2D eigenvalue weighted by atomic mass is 16.6. The van der Waals surface area contributed by atoms with Gasteiger partial charge in [-0.1, -0.05) is 18.2 Å². The molecule has 0 aliphatic heterocycles. The van der Waals surface area contributed by atoms with Crippen LogP contribution in [-0.4, -0.2) is 37.6 Å². The van der Waals surface area contributed by atoms with Crippen LogP contribution in [0.1, 0.15) is 16.1 Å². The summed E-state index contributed by atoms with van der Waals surface area (Å²) in [5.74, 6) is 0.316. The highest BCUT2D eigenvalue weighted by Crippen LogP contribution is 2.26. The lowest BCUT2D eigenvalue weighted by molar-refractivity contribution is -0.384. The molecule has 0 atom stereocenters. The first-order valence-electron chi connectivity index (χ1n) is 9.64. The van der Waals surface area contributed by atoms with Crippen molar-refractivity contribution >= 4 is 33.7 Å². The van der Waals surface area contributed by atoms with E-state index in [1.165, 1.54) is 22.9 Å². The number of rotatable bonds is 5. The molecule has 0 saturated heterocycles. The van der Waals surface area contributed by atoms with Crippen LogP contribution in [0, 0.1) is 10.1 Å². The maximum absolute atomic E-state index is 13.3. The third-order valence-electron chi connectivity index (χ3n) is 5.03. The third-order valence-corrected chi connectivity index (χ3v) is 5.03. The molecule has 156 valence electrons. The Morgan fingerprint density at radius 1 is 0.969 bits per heavy atom. The second kappa shape index (κ2) is 7.55. The quantitative estimate of drug-likeness (QED) is 0.236. The van der Waals surface area contributed by atoms with Gasteiger partial charge in [0.05, 0.1) is 28.8 Å². The number of nitro benzene ring substituents is 1. The number of nitro groups is 1. The Hall–Kier alpha value is -4.66. The molecule has 5 rings (SSSR count). The van der Waals surface area contributed by atoms with Crippen molar-refractivity contribution in [1.82, 2.24) is 19.7 Å². The fourth-order valence-electron chi connectivity index (χ4n) is 3.43. The Bertz CT molecular complexity index is 1490. The van der Waals surface area contributed by atoms with Gasteiger partial charge < -0.3 is 4.74 Å². The number of nitrogens with zero attached hydrogens (tertiary/aromatic N) is 5. The van der Waals surface area contributed by atoms with Crippen LogP contribution in [0.15, 0.2) is 72.8 Å². The summed E-state index contributed by atoms with van der Waals surface area (Å²) in [6.45, 7) is 0. The van der Waals surface area contributed by atoms with Crippen LogP contribution in [0.25, 0.3) is 27.9 Å². The number of hydrogen-bond donors (Lipinski definition) is 0. The number of benzene rings is 3. The number of aromatic nitrogens is 4. The highest BCUT2D eigenvalue weighted by molar-refractivity contribution is 6.14. The van der Waals surface area contributed by atoms with E-state index >= 15 is 0 Å². The zero-order valence-electron chi connectivity index (χ0n) is 16.8. The van der Waals surface area contributed by atoms with E-state index in [-0.39, 0.29) is 17.2 Å². The van der Waals surface area contributed by atoms with Crippen LogP contribution in [0.5, 0.6) is 5.75 Å². The average molecular weight is 425 g/mol. The minimum Gasteiger partial charge on any atom is -0.497 e. The molecule has 5 aromatic rings. The molecule has 0 spiro atoms. The van der Waals surface area contributed by atoms with Crippen LogP contribution in [-0.2, 0) is 0 Å². The molecule has 32 heavy (non-hydrogen) atoms. The predicted octanol–water partition coefficient (Wildman–Crippen LogP) is 4.12. The van der Waals surface area contributed by atoms with Gasteiger partial charge >= 0.3 is 0 Å². The lowest BCUT2D eigenvalue weighted by Gasteiger charge is -2.03. The molecule has 0 saturated carbocycles. The molecule has 0 aliphatic carbocycles. The topological polar surface area (TPSA) is 113 Å². The van der Waals surface area contributed by atoms with Crippen molar-refractivity contribution < 1.29 is 14.5 Å². The maximum Gasteiger partial charge on any atom is 0.271 e. The maximum atomic E-state index is 13.3. The summed E-state index contributed by atoms with van der Waals surface area (Å²) in [6.07, 6.45) is 0. The van der Waals surface area contributed by atoms with Crippen LogP contribution in [0.3, 0.4) is 0 Å². The summed E-state index contributed by atoms with van der Waals surface area (Å²) < 4.78 is 6.69. The summed E-state index contributed by atoms with van der Waals surface area (Å²) >= 11 is 0. The van der Waals surface area contributed by atoms with Gasteiger partial charge in [-0.05, 0) is 42.5 Å². The number of non-ortho nitro benzene ring substituents is 1. The summed E-state index contributed by atoms with van der Waals surface area (Å²) in [6, 6.07) is 20.1. The molecule has 2 heterocycles. The molecule has 0 amide bonds. The van der Waals surface area contributed by atoms with Gasteiger partial charge in [0.1, 0.15) is 11.3 Å². The number of carbonyl (C=O) groups excluding carboxylic acids is 1. The van der Waals surface area contributed by atoms with E-state index in [2.05, 4.69) is 15.1 Å². The monoisotopic (exact) mass is 425 g/mol. The Kier molecular flexibility index (Phi) is 4.55. The van der Waals surface area contributed by atoms with Crippen molar-refractivity contribution in [3.05, 3.63) is 94.2 Å². The lowest BCUT2D eigenvalue weighted by atomic mass is 10.1. The van der Waals surface area contributed by atoms with Gasteiger partial charge in [-0.2, -0.15) is 5.10 Å². The third kappa shape index (κ3) is 3.21. The van der Waals surface area contributed by atoms with Gasteiger partial charge in [0.15, 0.2) is 11.3 Å². The van der Waals surface area contributed by atoms with Crippen LogP contribution in [0.2, 0.25) is 0 Å². The van der Waals surface area contributed by atoms with Crippen LogP contribution >= 0.6 is 0 Å². The van der Waals surface area contributed by atoms with Gasteiger partial charge in [-0.15, -0.1) is 0 Å². The molecule has 3 aromatic carbocycles. The highest BCUT2D eigenvalue weighted by Gasteiger charge is 2.23. The molecule has 9 nitrogen and oxygen atoms in total. The minimum absolute atomic E-state index is 0.0912. The Labute approximate surface area is 181 Å². The molecular weight excluding hydrogens is 410 g/mol. The van der Waals surface area contributed by atoms with E-state index in [1.54, 1.807) is 31.4 Å². The van der Waals surface area contributed by atoms with E-state index in [0.29, 0.717) is 39.2 Å². The number of methoxy groups -OCH3 is 1. The van der Waals surface area contributed by atoms with E-state index in [4.69, 9.17) is 4.74 Å². The normalized spacial score (nSPS) is 11.0. The largest absolute Gasteiger partial charge is 0.497 e. The molecule has 9 heteroatoms. The lowest BCUT2D eigenvalue weighted by Crippen LogP contribution is -2.04. The SMILES string of the molecule is COc1ccc(C(=O)c2nn(-c3ccccc3)c3nc4cc([N+](=O)[O-])ccc4nc23)cc1. The summed E-state index contributed by atoms with van der Waals surface area (Å²) in [5.41, 5.74) is 2.58. The van der Waals surface area contributed by atoms with Gasteiger partial charge in [0, 0.05) is 17.7 Å². The molecule has 0 radical (unpaired) electrons. The van der Waals surface area contributed by atoms with Crippen molar-refractivity contribution in [3.63, 3.8) is 0 Å². The number of ether oxygens (including phenoxy) is 1. The summed E-state index contributed by atoms with van der Waals surface area (Å²) in [5, 5.41) is 15.7. The number of ketones is 1. The Balaban J connectivity index is 1.76. The van der Waals surface area contributed by atoms with E-state index in [0.717, 1.165) is 0 Å². The van der Waals surface area contributed by atoms with Crippen LogP contribution < -0.4 is 4.74 Å². The van der Waals surface area contributed by atoms with Crippen molar-refractivity contribution in [3.8, 4) is 11.4 Å². The van der Waals surface area contributed by atoms with E-state index < -0.39 is 4.92 Å². The standard InChI is InChI=1S/C23H15N5O4/c1-32-17-10-7-14(8-11-17)22(29)20-21-23(27(26-20)15-5-3-2-4-6-15)25-19-13-16(28(30)31)9-12-18(19)24-21/h2-13H,1H3. The Morgan fingerprint density at radius 3 is 2.41 bits per heavy atom. The molecule has 0 unspecified atom stereocenters. The molecule has 0 bridgehead atoms. The van der Waals surface area contributed by atoms with Crippen molar-refractivity contribution in [2.24, 2.45) is 0 Å². The minimum atomic E-state index is -0.488. The van der Waals surface area contributed by atoms with Gasteiger partial charge in [0.2, 0.25) is 5.78 Å². The first kappa shape index (κ1) is 19.3. The van der Waals surface area contributed by atoms with Crippen molar-refractivity contribution in [1.29, 1.82) is 0 Å². The van der Waals surface area contributed by atoms with E-state index in [1.807, 2.05) is 30.3 Å². The molecule has 0 fully saturated rings. The number of fused-ring (bicyclic) bond motifs is 2. The van der Waals surface area contributed by atoms with Crippen molar-refractivity contribution in [2.45, 2.75) is 0 Å².